The second kappa shape index (κ2) is 6.97. The van der Waals surface area contributed by atoms with Crippen LogP contribution in [0.3, 0.4) is 0 Å². The molecule has 1 aliphatic heterocycles. The van der Waals surface area contributed by atoms with Crippen molar-refractivity contribution in [2.45, 2.75) is 32.7 Å². The van der Waals surface area contributed by atoms with E-state index in [1.165, 1.54) is 0 Å². The number of nitrogens with zero attached hydrogens (tertiary/aromatic N) is 3. The van der Waals surface area contributed by atoms with Crippen molar-refractivity contribution in [1.82, 2.24) is 14.8 Å². The lowest BCUT2D eigenvalue weighted by molar-refractivity contribution is -0.118. The number of carbonyl (C=O) groups excluding carboxylic acids is 1. The van der Waals surface area contributed by atoms with Gasteiger partial charge in [-0.15, -0.1) is 5.10 Å². The van der Waals surface area contributed by atoms with Crippen LogP contribution in [0.2, 0.25) is 0 Å². The monoisotopic (exact) mass is 416 g/mol. The minimum absolute atomic E-state index is 0.121. The number of anilines is 1. The summed E-state index contributed by atoms with van der Waals surface area (Å²) in [5, 5.41) is 18.0. The molecule has 1 aliphatic carbocycles. The molecule has 3 aromatic rings. The molecule has 0 radical (unpaired) electrons. The van der Waals surface area contributed by atoms with Crippen LogP contribution in [0.1, 0.15) is 38.3 Å². The van der Waals surface area contributed by atoms with Crippen molar-refractivity contribution in [2.24, 2.45) is 5.41 Å². The van der Waals surface area contributed by atoms with Gasteiger partial charge in [-0.2, -0.15) is 4.98 Å². The van der Waals surface area contributed by atoms with Crippen molar-refractivity contribution in [3.05, 3.63) is 65.4 Å². The van der Waals surface area contributed by atoms with Crippen molar-refractivity contribution >= 4 is 11.7 Å². The van der Waals surface area contributed by atoms with Crippen LogP contribution in [-0.4, -0.2) is 32.8 Å². The Balaban J connectivity index is 1.67. The number of nitrogens with one attached hydrogen (secondary N) is 1. The number of benzene rings is 2. The Hall–Kier alpha value is -3.61. The second-order valence-electron chi connectivity index (χ2n) is 8.89. The third-order valence-electron chi connectivity index (χ3n) is 5.87. The number of rotatable bonds is 3. The summed E-state index contributed by atoms with van der Waals surface area (Å²) >= 11 is 0. The molecule has 1 atom stereocenters. The normalized spacial score (nSPS) is 19.5. The number of phenolic OH excluding ortho intramolecular Hbond substituents is 1. The summed E-state index contributed by atoms with van der Waals surface area (Å²) in [6.45, 7) is 4.21. The summed E-state index contributed by atoms with van der Waals surface area (Å²) in [5.74, 6) is 2.10. The van der Waals surface area contributed by atoms with E-state index in [4.69, 9.17) is 14.8 Å². The van der Waals surface area contributed by atoms with Gasteiger partial charge in [0, 0.05) is 23.3 Å². The van der Waals surface area contributed by atoms with E-state index in [1.807, 2.05) is 30.3 Å². The number of hydrogen-bond acceptors (Lipinski definition) is 6. The molecule has 7 nitrogen and oxygen atoms in total. The summed E-state index contributed by atoms with van der Waals surface area (Å²) in [5.41, 5.74) is 3.18. The number of phenols is 1. The standard InChI is InChI=1S/C24H24N4O3/c1-24(2)12-18-20(19(30)13-24)21(14-7-9-17(31-3)10-8-14)28-23(25-18)26-22(27-28)15-5-4-6-16(29)11-15/h4-11,21,29H,12-13H2,1-3H3,(H,25,26,27)/t21-/m0/s1. The van der Waals surface area contributed by atoms with Gasteiger partial charge in [-0.25, -0.2) is 4.68 Å². The van der Waals surface area contributed by atoms with Crippen molar-refractivity contribution in [2.75, 3.05) is 12.4 Å². The number of ether oxygens (including phenoxy) is 1. The Labute approximate surface area is 180 Å². The Morgan fingerprint density at radius 1 is 1.16 bits per heavy atom. The maximum absolute atomic E-state index is 13.3. The topological polar surface area (TPSA) is 89.3 Å². The second-order valence-corrected chi connectivity index (χ2v) is 8.89. The highest BCUT2D eigenvalue weighted by atomic mass is 16.5. The van der Waals surface area contributed by atoms with E-state index in [-0.39, 0.29) is 23.0 Å². The molecule has 5 rings (SSSR count). The summed E-state index contributed by atoms with van der Waals surface area (Å²) in [4.78, 5) is 18.0. The first kappa shape index (κ1) is 19.4. The highest BCUT2D eigenvalue weighted by molar-refractivity contribution is 6.00. The van der Waals surface area contributed by atoms with Gasteiger partial charge in [0.25, 0.3) is 0 Å². The highest BCUT2D eigenvalue weighted by Gasteiger charge is 2.41. The number of Topliss-reactive ketones (excluding diaryl/α,β-unsaturated/α-hetero) is 1. The van der Waals surface area contributed by atoms with Crippen LogP contribution < -0.4 is 10.1 Å². The van der Waals surface area contributed by atoms with Crippen LogP contribution in [0.15, 0.2) is 59.8 Å². The van der Waals surface area contributed by atoms with E-state index in [2.05, 4.69) is 19.2 Å². The minimum atomic E-state index is -0.376. The molecule has 0 amide bonds. The maximum Gasteiger partial charge on any atom is 0.226 e. The van der Waals surface area contributed by atoms with Crippen LogP contribution >= 0.6 is 0 Å². The maximum atomic E-state index is 13.3. The molecule has 31 heavy (non-hydrogen) atoms. The van der Waals surface area contributed by atoms with Gasteiger partial charge >= 0.3 is 0 Å². The number of hydrogen-bond donors (Lipinski definition) is 2. The average Bonchev–Trinajstić information content (AvgIpc) is 3.15. The number of carbonyl (C=O) groups is 1. The van der Waals surface area contributed by atoms with Gasteiger partial charge in [-0.05, 0) is 41.7 Å². The molecule has 0 saturated carbocycles. The average molecular weight is 416 g/mol. The van der Waals surface area contributed by atoms with Crippen LogP contribution in [0.5, 0.6) is 11.5 Å². The Bertz CT molecular complexity index is 1210. The smallest absolute Gasteiger partial charge is 0.226 e. The van der Waals surface area contributed by atoms with Gasteiger partial charge in [0.2, 0.25) is 5.95 Å². The number of aromatic hydroxyl groups is 1. The van der Waals surface area contributed by atoms with E-state index in [0.717, 1.165) is 29.0 Å². The van der Waals surface area contributed by atoms with Gasteiger partial charge in [0.05, 0.1) is 7.11 Å². The third kappa shape index (κ3) is 3.36. The largest absolute Gasteiger partial charge is 0.508 e. The van der Waals surface area contributed by atoms with Gasteiger partial charge in [-0.3, -0.25) is 4.79 Å². The van der Waals surface area contributed by atoms with Crippen molar-refractivity contribution in [3.8, 4) is 22.9 Å². The predicted molar refractivity (Wildman–Crippen MR) is 117 cm³/mol. The lowest BCUT2D eigenvalue weighted by Gasteiger charge is -2.38. The van der Waals surface area contributed by atoms with Gasteiger partial charge in [0.15, 0.2) is 11.6 Å². The molecule has 0 saturated heterocycles. The van der Waals surface area contributed by atoms with E-state index >= 15 is 0 Å². The molecule has 2 aromatic carbocycles. The molecule has 2 aliphatic rings. The third-order valence-corrected chi connectivity index (χ3v) is 5.87. The van der Waals surface area contributed by atoms with Gasteiger partial charge in [0.1, 0.15) is 17.5 Å². The molecule has 0 fully saturated rings. The summed E-state index contributed by atoms with van der Waals surface area (Å²) < 4.78 is 7.08. The van der Waals surface area contributed by atoms with E-state index in [0.29, 0.717) is 23.8 Å². The summed E-state index contributed by atoms with van der Waals surface area (Å²) in [6, 6.07) is 14.2. The Morgan fingerprint density at radius 3 is 2.65 bits per heavy atom. The zero-order chi connectivity index (χ0) is 21.8. The van der Waals surface area contributed by atoms with E-state index in [1.54, 1.807) is 30.0 Å². The van der Waals surface area contributed by atoms with Crippen LogP contribution in [0.25, 0.3) is 11.4 Å². The Morgan fingerprint density at radius 2 is 1.94 bits per heavy atom. The molecule has 1 aromatic heterocycles. The zero-order valence-electron chi connectivity index (χ0n) is 17.7. The molecule has 0 spiro atoms. The fourth-order valence-electron chi connectivity index (χ4n) is 4.47. The SMILES string of the molecule is COc1ccc([C@H]2C3=C(CC(C)(C)CC3=O)Nc3nc(-c4cccc(O)c4)nn32)cc1. The van der Waals surface area contributed by atoms with Crippen LogP contribution in [0, 0.1) is 5.41 Å². The molecule has 0 bridgehead atoms. The number of aromatic nitrogens is 3. The molecular weight excluding hydrogens is 392 g/mol. The first-order valence-corrected chi connectivity index (χ1v) is 10.3. The molecule has 158 valence electrons. The number of methoxy groups -OCH3 is 1. The van der Waals surface area contributed by atoms with Gasteiger partial charge in [-0.1, -0.05) is 38.1 Å². The fourth-order valence-corrected chi connectivity index (χ4v) is 4.47. The minimum Gasteiger partial charge on any atom is -0.508 e. The molecule has 2 N–H and O–H groups in total. The molecule has 7 heteroatoms. The molecule has 0 unspecified atom stereocenters. The van der Waals surface area contributed by atoms with Crippen molar-refractivity contribution < 1.29 is 14.6 Å². The predicted octanol–water partition coefficient (Wildman–Crippen LogP) is 4.32. The summed E-state index contributed by atoms with van der Waals surface area (Å²) in [7, 11) is 1.63. The van der Waals surface area contributed by atoms with E-state index < -0.39 is 0 Å². The quantitative estimate of drug-likeness (QED) is 0.661. The van der Waals surface area contributed by atoms with E-state index in [9.17, 15) is 9.90 Å². The Kier molecular flexibility index (Phi) is 4.36. The first-order valence-electron chi connectivity index (χ1n) is 10.3. The van der Waals surface area contributed by atoms with Crippen LogP contribution in [-0.2, 0) is 4.79 Å². The highest BCUT2D eigenvalue weighted by Crippen LogP contribution is 2.45. The number of ketones is 1. The van der Waals surface area contributed by atoms with Crippen molar-refractivity contribution in [1.29, 1.82) is 0 Å². The zero-order valence-corrected chi connectivity index (χ0v) is 17.7. The number of fused-ring (bicyclic) bond motifs is 1. The van der Waals surface area contributed by atoms with Gasteiger partial charge < -0.3 is 15.2 Å². The first-order chi connectivity index (χ1) is 14.8. The molecular formula is C24H24N4O3. The molecule has 2 heterocycles. The number of allylic oxidation sites excluding steroid dienone is 2. The lowest BCUT2D eigenvalue weighted by atomic mass is 9.73. The van der Waals surface area contributed by atoms with Crippen molar-refractivity contribution in [3.63, 3.8) is 0 Å². The van der Waals surface area contributed by atoms with Crippen LogP contribution in [0.4, 0.5) is 5.95 Å². The lowest BCUT2D eigenvalue weighted by Crippen LogP contribution is -2.36. The summed E-state index contributed by atoms with van der Waals surface area (Å²) in [6.07, 6.45) is 1.25. The fraction of sp³-hybridized carbons (Fsp3) is 0.292.